The summed E-state index contributed by atoms with van der Waals surface area (Å²) in [5.41, 5.74) is 0.196. The fraction of sp³-hybridized carbons (Fsp3) is 0.720. The molecule has 0 aromatic carbocycles. The first-order valence-corrected chi connectivity index (χ1v) is 15.4. The fourth-order valence-corrected chi connectivity index (χ4v) is 5.84. The number of nitrogens with zero attached hydrogens (tertiary/aromatic N) is 5. The molecule has 2 aromatic rings. The second kappa shape index (κ2) is 12.0. The SMILES string of the molecule is CSCCNc1nc(SCCC(F)(F)F)nc2c1nnn2[C@@H]1C[C@H](C=CC(=O)OC(C)(C)C)[C@H]2OC(C)(C)O[C@H]21. The molecule has 1 N–H and O–H groups in total. The van der Waals surface area contributed by atoms with E-state index in [9.17, 15) is 18.0 Å². The highest BCUT2D eigenvalue weighted by Crippen LogP contribution is 2.48. The van der Waals surface area contributed by atoms with E-state index < -0.39 is 36.1 Å². The molecule has 2 fully saturated rings. The summed E-state index contributed by atoms with van der Waals surface area (Å²) < 4.78 is 57.9. The molecule has 0 amide bonds. The first kappa shape index (κ1) is 30.8. The number of hydrogen-bond donors (Lipinski definition) is 1. The van der Waals surface area contributed by atoms with Crippen LogP contribution in [0.2, 0.25) is 0 Å². The molecule has 40 heavy (non-hydrogen) atoms. The van der Waals surface area contributed by atoms with Gasteiger partial charge in [0.1, 0.15) is 11.7 Å². The normalized spacial score (nSPS) is 24.6. The van der Waals surface area contributed by atoms with Crippen molar-refractivity contribution in [3.8, 4) is 0 Å². The van der Waals surface area contributed by atoms with Crippen molar-refractivity contribution in [1.29, 1.82) is 0 Å². The Morgan fingerprint density at radius 1 is 1.20 bits per heavy atom. The lowest BCUT2D eigenvalue weighted by molar-refractivity contribution is -0.158. The van der Waals surface area contributed by atoms with Crippen molar-refractivity contribution in [2.75, 3.05) is 29.6 Å². The van der Waals surface area contributed by atoms with Crippen molar-refractivity contribution in [3.63, 3.8) is 0 Å². The van der Waals surface area contributed by atoms with E-state index in [1.807, 2.05) is 20.1 Å². The molecule has 1 saturated heterocycles. The van der Waals surface area contributed by atoms with Gasteiger partial charge in [0.2, 0.25) is 0 Å². The average Bonchev–Trinajstić information content (AvgIpc) is 3.46. The van der Waals surface area contributed by atoms with Gasteiger partial charge >= 0.3 is 12.1 Å². The molecule has 3 heterocycles. The molecule has 2 aromatic heterocycles. The third-order valence-electron chi connectivity index (χ3n) is 6.20. The maximum atomic E-state index is 12.8. The van der Waals surface area contributed by atoms with Crippen molar-refractivity contribution in [2.45, 2.75) is 88.4 Å². The van der Waals surface area contributed by atoms with Gasteiger partial charge in [0.05, 0.1) is 18.6 Å². The molecule has 4 atom stereocenters. The lowest BCUT2D eigenvalue weighted by atomic mass is 10.0. The van der Waals surface area contributed by atoms with Gasteiger partial charge in [-0.2, -0.15) is 24.9 Å². The molecular formula is C25H35F3N6O4S2. The van der Waals surface area contributed by atoms with Crippen molar-refractivity contribution >= 4 is 46.5 Å². The van der Waals surface area contributed by atoms with Crippen molar-refractivity contribution in [3.05, 3.63) is 12.2 Å². The second-order valence-electron chi connectivity index (χ2n) is 11.1. The Balaban J connectivity index is 1.65. The van der Waals surface area contributed by atoms with E-state index in [4.69, 9.17) is 14.2 Å². The van der Waals surface area contributed by atoms with Crippen LogP contribution in [0.3, 0.4) is 0 Å². The standard InChI is InChI=1S/C25H35F3N6O4S2/c1-23(2,3)36-16(35)8-7-14-13-15(19-18(14)37-24(4,5)38-19)34-21-17(32-33-34)20(29-10-12-39-6)30-22(31-21)40-11-9-25(26,27)28/h7-8,14-15,18-19H,9-13H2,1-6H3,(H,29,30,31)/t14-,15+,18+,19-/m0/s1. The maximum Gasteiger partial charge on any atom is 0.389 e. The minimum absolute atomic E-state index is 0.190. The average molecular weight is 605 g/mol. The molecule has 1 aliphatic carbocycles. The number of hydrogen-bond acceptors (Lipinski definition) is 11. The van der Waals surface area contributed by atoms with Gasteiger partial charge in [-0.05, 0) is 47.3 Å². The first-order valence-electron chi connectivity index (χ1n) is 13.0. The number of halogens is 3. The fourth-order valence-electron chi connectivity index (χ4n) is 4.71. The van der Waals surface area contributed by atoms with E-state index in [0.29, 0.717) is 29.9 Å². The van der Waals surface area contributed by atoms with E-state index in [1.165, 1.54) is 6.08 Å². The highest BCUT2D eigenvalue weighted by Gasteiger charge is 2.54. The summed E-state index contributed by atoms with van der Waals surface area (Å²) in [6.45, 7) is 9.63. The first-order chi connectivity index (χ1) is 18.7. The van der Waals surface area contributed by atoms with Crippen LogP contribution in [0, 0.1) is 5.92 Å². The molecule has 2 aliphatic rings. The molecule has 0 unspecified atom stereocenters. The van der Waals surface area contributed by atoms with Gasteiger partial charge in [0, 0.05) is 30.0 Å². The molecular weight excluding hydrogens is 569 g/mol. The zero-order valence-electron chi connectivity index (χ0n) is 23.3. The Morgan fingerprint density at radius 3 is 2.60 bits per heavy atom. The minimum atomic E-state index is -4.27. The van der Waals surface area contributed by atoms with Crippen LogP contribution in [0.1, 0.15) is 53.5 Å². The monoisotopic (exact) mass is 604 g/mol. The predicted octanol–water partition coefficient (Wildman–Crippen LogP) is 5.02. The zero-order valence-corrected chi connectivity index (χ0v) is 25.0. The molecule has 0 bridgehead atoms. The van der Waals surface area contributed by atoms with Crippen LogP contribution in [0.25, 0.3) is 11.2 Å². The molecule has 4 rings (SSSR count). The minimum Gasteiger partial charge on any atom is -0.457 e. The Morgan fingerprint density at radius 2 is 1.93 bits per heavy atom. The number of aromatic nitrogens is 5. The highest BCUT2D eigenvalue weighted by molar-refractivity contribution is 7.99. The van der Waals surface area contributed by atoms with Gasteiger partial charge in [0.25, 0.3) is 0 Å². The summed E-state index contributed by atoms with van der Waals surface area (Å²) in [4.78, 5) is 21.4. The van der Waals surface area contributed by atoms with E-state index >= 15 is 0 Å². The number of nitrogens with one attached hydrogen (secondary N) is 1. The van der Waals surface area contributed by atoms with Crippen molar-refractivity contribution < 1.29 is 32.2 Å². The van der Waals surface area contributed by atoms with Gasteiger partial charge in [0.15, 0.2) is 27.9 Å². The summed E-state index contributed by atoms with van der Waals surface area (Å²) >= 11 is 2.58. The molecule has 1 aliphatic heterocycles. The van der Waals surface area contributed by atoms with E-state index in [0.717, 1.165) is 17.5 Å². The molecule has 15 heteroatoms. The number of alkyl halides is 3. The smallest absolute Gasteiger partial charge is 0.389 e. The number of anilines is 1. The topological polar surface area (TPSA) is 113 Å². The Kier molecular flexibility index (Phi) is 9.27. The maximum absolute atomic E-state index is 12.8. The number of fused-ring (bicyclic) bond motifs is 2. The highest BCUT2D eigenvalue weighted by atomic mass is 32.2. The van der Waals surface area contributed by atoms with Gasteiger partial charge < -0.3 is 19.5 Å². The molecule has 0 radical (unpaired) electrons. The van der Waals surface area contributed by atoms with Gasteiger partial charge in [-0.25, -0.2) is 19.4 Å². The van der Waals surface area contributed by atoms with Crippen LogP contribution in [0.5, 0.6) is 0 Å². The number of carbonyl (C=O) groups excluding carboxylic acids is 1. The predicted molar refractivity (Wildman–Crippen MR) is 147 cm³/mol. The number of esters is 1. The van der Waals surface area contributed by atoms with Gasteiger partial charge in [-0.1, -0.05) is 23.1 Å². The molecule has 10 nitrogen and oxygen atoms in total. The Hall–Kier alpha value is -2.10. The van der Waals surface area contributed by atoms with Crippen LogP contribution in [-0.2, 0) is 19.0 Å². The Labute approximate surface area is 239 Å². The molecule has 1 saturated carbocycles. The second-order valence-corrected chi connectivity index (χ2v) is 13.2. The van der Waals surface area contributed by atoms with E-state index in [-0.39, 0.29) is 29.0 Å². The summed E-state index contributed by atoms with van der Waals surface area (Å²) in [6, 6.07) is -0.355. The quantitative estimate of drug-likeness (QED) is 0.130. The number of carbonyl (C=O) groups is 1. The van der Waals surface area contributed by atoms with Crippen LogP contribution < -0.4 is 5.32 Å². The summed E-state index contributed by atoms with van der Waals surface area (Å²) in [5.74, 6) is -0.497. The van der Waals surface area contributed by atoms with Crippen molar-refractivity contribution in [2.24, 2.45) is 5.92 Å². The van der Waals surface area contributed by atoms with Crippen LogP contribution >= 0.6 is 23.5 Å². The van der Waals surface area contributed by atoms with Crippen LogP contribution in [0.4, 0.5) is 19.0 Å². The lowest BCUT2D eigenvalue weighted by Crippen LogP contribution is -2.28. The van der Waals surface area contributed by atoms with Gasteiger partial charge in [-0.15, -0.1) is 5.10 Å². The molecule has 0 spiro atoms. The number of rotatable bonds is 10. The molecule has 222 valence electrons. The van der Waals surface area contributed by atoms with E-state index in [2.05, 4.69) is 25.6 Å². The third kappa shape index (κ3) is 7.79. The largest absolute Gasteiger partial charge is 0.457 e. The number of thioether (sulfide) groups is 2. The third-order valence-corrected chi connectivity index (χ3v) is 7.66. The Bertz CT molecular complexity index is 1230. The van der Waals surface area contributed by atoms with Gasteiger partial charge in [-0.3, -0.25) is 0 Å². The van der Waals surface area contributed by atoms with E-state index in [1.54, 1.807) is 43.3 Å². The van der Waals surface area contributed by atoms with Crippen LogP contribution in [0.15, 0.2) is 17.3 Å². The number of ether oxygens (including phenoxy) is 3. The lowest BCUT2D eigenvalue weighted by Gasteiger charge is -2.23. The van der Waals surface area contributed by atoms with Crippen LogP contribution in [-0.4, -0.2) is 85.0 Å². The summed E-state index contributed by atoms with van der Waals surface area (Å²) in [7, 11) is 0. The summed E-state index contributed by atoms with van der Waals surface area (Å²) in [6.07, 6.45) is -0.331. The van der Waals surface area contributed by atoms with Crippen molar-refractivity contribution in [1.82, 2.24) is 25.0 Å². The zero-order chi connectivity index (χ0) is 29.3. The summed E-state index contributed by atoms with van der Waals surface area (Å²) in [5, 5.41) is 12.1.